The Hall–Kier alpha value is -2.14. The second kappa shape index (κ2) is 5.20. The second-order valence-electron chi connectivity index (χ2n) is 6.65. The van der Waals surface area contributed by atoms with Crippen molar-refractivity contribution in [1.82, 2.24) is 4.90 Å². The number of ketones is 1. The molecule has 3 fully saturated rings. The lowest BCUT2D eigenvalue weighted by molar-refractivity contribution is -0.136. The monoisotopic (exact) mass is 313 g/mol. The molecular formula is C18H19NO4. The maximum atomic E-state index is 12.5. The quantitative estimate of drug-likeness (QED) is 0.859. The molecule has 1 aromatic heterocycles. The van der Waals surface area contributed by atoms with Gasteiger partial charge in [-0.05, 0) is 45.0 Å². The SMILES string of the molecule is Cc1ccc2oc(=O)c(CC3C(=O)C4CCN3CC4)c(O)c2c1. The minimum absolute atomic E-state index is 0.0459. The lowest BCUT2D eigenvalue weighted by Crippen LogP contribution is -2.56. The largest absolute Gasteiger partial charge is 0.507 e. The molecule has 0 spiro atoms. The smallest absolute Gasteiger partial charge is 0.343 e. The zero-order valence-electron chi connectivity index (χ0n) is 13.0. The van der Waals surface area contributed by atoms with E-state index in [1.807, 2.05) is 13.0 Å². The van der Waals surface area contributed by atoms with Crippen LogP contribution in [0.1, 0.15) is 24.0 Å². The van der Waals surface area contributed by atoms with Crippen LogP contribution >= 0.6 is 0 Å². The summed E-state index contributed by atoms with van der Waals surface area (Å²) in [6.07, 6.45) is 2.05. The molecule has 1 aromatic carbocycles. The number of nitrogens with zero attached hydrogens (tertiary/aromatic N) is 1. The van der Waals surface area contributed by atoms with Crippen LogP contribution in [0.15, 0.2) is 27.4 Å². The topological polar surface area (TPSA) is 70.8 Å². The third kappa shape index (κ3) is 2.27. The summed E-state index contributed by atoms with van der Waals surface area (Å²) in [4.78, 5) is 26.9. The predicted octanol–water partition coefficient (Wildman–Crippen LogP) is 2.01. The molecule has 3 saturated heterocycles. The Kier molecular flexibility index (Phi) is 3.27. The molecule has 2 aromatic rings. The molecule has 4 heterocycles. The fourth-order valence-corrected chi connectivity index (χ4v) is 3.89. The van der Waals surface area contributed by atoms with E-state index < -0.39 is 5.63 Å². The van der Waals surface area contributed by atoms with Crippen LogP contribution < -0.4 is 5.63 Å². The van der Waals surface area contributed by atoms with Gasteiger partial charge in [0.15, 0.2) is 5.78 Å². The molecule has 5 nitrogen and oxygen atoms in total. The average Bonchev–Trinajstić information content (AvgIpc) is 2.55. The Morgan fingerprint density at radius 3 is 2.70 bits per heavy atom. The van der Waals surface area contributed by atoms with Gasteiger partial charge in [0.05, 0.1) is 17.0 Å². The molecule has 0 amide bonds. The number of piperidine rings is 3. The van der Waals surface area contributed by atoms with E-state index in [-0.39, 0.29) is 35.5 Å². The van der Waals surface area contributed by atoms with E-state index in [1.165, 1.54) is 0 Å². The number of hydrogen-bond acceptors (Lipinski definition) is 5. The van der Waals surface area contributed by atoms with E-state index in [0.29, 0.717) is 11.0 Å². The van der Waals surface area contributed by atoms with Crippen LogP contribution in [-0.4, -0.2) is 34.9 Å². The molecule has 0 saturated carbocycles. The zero-order chi connectivity index (χ0) is 16.1. The highest BCUT2D eigenvalue weighted by Crippen LogP contribution is 2.33. The van der Waals surface area contributed by atoms with E-state index in [2.05, 4.69) is 4.90 Å². The van der Waals surface area contributed by atoms with Gasteiger partial charge in [0.2, 0.25) is 0 Å². The van der Waals surface area contributed by atoms with Crippen molar-refractivity contribution in [1.29, 1.82) is 0 Å². The fourth-order valence-electron chi connectivity index (χ4n) is 3.89. The van der Waals surface area contributed by atoms with E-state index in [0.717, 1.165) is 31.5 Å². The van der Waals surface area contributed by atoms with Gasteiger partial charge in [-0.1, -0.05) is 11.6 Å². The Balaban J connectivity index is 1.77. The number of benzene rings is 1. The maximum Gasteiger partial charge on any atom is 0.343 e. The number of carbonyl (C=O) groups is 1. The summed E-state index contributed by atoms with van der Waals surface area (Å²) in [5.41, 5.74) is 1.02. The molecule has 1 N–H and O–H groups in total. The van der Waals surface area contributed by atoms with E-state index in [4.69, 9.17) is 4.42 Å². The number of aryl methyl sites for hydroxylation is 1. The van der Waals surface area contributed by atoms with Gasteiger partial charge in [0, 0.05) is 12.3 Å². The minimum atomic E-state index is -0.547. The summed E-state index contributed by atoms with van der Waals surface area (Å²) < 4.78 is 5.34. The summed E-state index contributed by atoms with van der Waals surface area (Å²) in [5.74, 6) is 0.267. The van der Waals surface area contributed by atoms with Crippen molar-refractivity contribution < 1.29 is 14.3 Å². The van der Waals surface area contributed by atoms with Crippen molar-refractivity contribution in [2.75, 3.05) is 13.1 Å². The maximum absolute atomic E-state index is 12.5. The first kappa shape index (κ1) is 14.5. The van der Waals surface area contributed by atoms with Crippen LogP contribution in [0, 0.1) is 12.8 Å². The Labute approximate surface area is 133 Å². The van der Waals surface area contributed by atoms with Gasteiger partial charge in [-0.25, -0.2) is 4.79 Å². The van der Waals surface area contributed by atoms with Gasteiger partial charge < -0.3 is 9.52 Å². The molecule has 0 aliphatic carbocycles. The third-order valence-electron chi connectivity index (χ3n) is 5.22. The molecular weight excluding hydrogens is 294 g/mol. The molecule has 5 heteroatoms. The summed E-state index contributed by atoms with van der Waals surface area (Å²) >= 11 is 0. The first-order valence-electron chi connectivity index (χ1n) is 8.07. The summed E-state index contributed by atoms with van der Waals surface area (Å²) in [6, 6.07) is 5.01. The lowest BCUT2D eigenvalue weighted by atomic mass is 9.80. The molecule has 1 atom stereocenters. The van der Waals surface area contributed by atoms with Gasteiger partial charge in [-0.2, -0.15) is 0 Å². The summed E-state index contributed by atoms with van der Waals surface area (Å²) in [7, 11) is 0. The molecule has 120 valence electrons. The van der Waals surface area contributed by atoms with Gasteiger partial charge in [-0.3, -0.25) is 9.69 Å². The summed E-state index contributed by atoms with van der Waals surface area (Å²) in [6.45, 7) is 3.69. The summed E-state index contributed by atoms with van der Waals surface area (Å²) in [5, 5.41) is 11.1. The Morgan fingerprint density at radius 1 is 1.26 bits per heavy atom. The predicted molar refractivity (Wildman–Crippen MR) is 85.7 cm³/mol. The van der Waals surface area contributed by atoms with Crippen molar-refractivity contribution in [2.24, 2.45) is 5.92 Å². The third-order valence-corrected chi connectivity index (χ3v) is 5.22. The number of rotatable bonds is 2. The van der Waals surface area contributed by atoms with Crippen molar-refractivity contribution in [3.63, 3.8) is 0 Å². The average molecular weight is 313 g/mol. The Bertz CT molecular complexity index is 846. The molecule has 23 heavy (non-hydrogen) atoms. The molecule has 1 unspecified atom stereocenters. The molecule has 3 aliphatic rings. The molecule has 3 aliphatic heterocycles. The second-order valence-corrected chi connectivity index (χ2v) is 6.65. The van der Waals surface area contributed by atoms with E-state index >= 15 is 0 Å². The number of fused-ring (bicyclic) bond motifs is 4. The highest BCUT2D eigenvalue weighted by molar-refractivity contribution is 5.89. The fraction of sp³-hybridized carbons (Fsp3) is 0.444. The minimum Gasteiger partial charge on any atom is -0.507 e. The van der Waals surface area contributed by atoms with Crippen molar-refractivity contribution in [3.8, 4) is 5.75 Å². The van der Waals surface area contributed by atoms with Gasteiger partial charge in [0.1, 0.15) is 11.3 Å². The van der Waals surface area contributed by atoms with Crippen LogP contribution in [0.5, 0.6) is 5.75 Å². The number of aromatic hydroxyl groups is 1. The van der Waals surface area contributed by atoms with Crippen LogP contribution in [0.4, 0.5) is 0 Å². The van der Waals surface area contributed by atoms with Gasteiger partial charge in [0.25, 0.3) is 0 Å². The van der Waals surface area contributed by atoms with Crippen LogP contribution in [-0.2, 0) is 11.2 Å². The van der Waals surface area contributed by atoms with Crippen LogP contribution in [0.25, 0.3) is 11.0 Å². The van der Waals surface area contributed by atoms with Crippen molar-refractivity contribution >= 4 is 16.8 Å². The Morgan fingerprint density at radius 2 is 2.00 bits per heavy atom. The van der Waals surface area contributed by atoms with Crippen molar-refractivity contribution in [3.05, 3.63) is 39.7 Å². The normalized spacial score (nSPS) is 26.8. The number of hydrogen-bond donors (Lipinski definition) is 1. The highest BCUT2D eigenvalue weighted by atomic mass is 16.4. The number of carbonyl (C=O) groups excluding carboxylic acids is 1. The highest BCUT2D eigenvalue weighted by Gasteiger charge is 2.41. The van der Waals surface area contributed by atoms with Crippen LogP contribution in [0.2, 0.25) is 0 Å². The molecule has 5 rings (SSSR count). The van der Waals surface area contributed by atoms with Crippen LogP contribution in [0.3, 0.4) is 0 Å². The zero-order valence-corrected chi connectivity index (χ0v) is 13.0. The first-order chi connectivity index (χ1) is 11.0. The number of Topliss-reactive ketones (excluding diaryl/α,β-unsaturated/α-hetero) is 1. The first-order valence-corrected chi connectivity index (χ1v) is 8.07. The van der Waals surface area contributed by atoms with Gasteiger partial charge >= 0.3 is 5.63 Å². The van der Waals surface area contributed by atoms with Gasteiger partial charge in [-0.15, -0.1) is 0 Å². The van der Waals surface area contributed by atoms with Crippen molar-refractivity contribution in [2.45, 2.75) is 32.2 Å². The molecule has 0 radical (unpaired) electrons. The standard InChI is InChI=1S/C18H19NO4/c1-10-2-3-15-12(8-10)17(21)13(18(22)23-15)9-14-16(20)11-4-6-19(14)7-5-11/h2-3,8,11,14,21H,4-7,9H2,1H3. The van der Waals surface area contributed by atoms with E-state index in [9.17, 15) is 14.7 Å². The van der Waals surface area contributed by atoms with E-state index in [1.54, 1.807) is 12.1 Å². The molecule has 2 bridgehead atoms. The lowest BCUT2D eigenvalue weighted by Gasteiger charge is -2.44.